The van der Waals surface area contributed by atoms with Crippen molar-refractivity contribution in [2.24, 2.45) is 5.92 Å². The molecule has 2 heterocycles. The summed E-state index contributed by atoms with van der Waals surface area (Å²) in [6.45, 7) is 6.42. The lowest BCUT2D eigenvalue weighted by Gasteiger charge is -2.29. The SMILES string of the molecule is Cl.O=S(=O)(c1ccccc1)N1CCCN(CC2CCNCC2)CC1. The summed E-state index contributed by atoms with van der Waals surface area (Å²) in [7, 11) is -3.35. The number of hydrogen-bond acceptors (Lipinski definition) is 4. The Bertz CT molecular complexity index is 591. The van der Waals surface area contributed by atoms with Gasteiger partial charge >= 0.3 is 0 Å². The highest BCUT2D eigenvalue weighted by Gasteiger charge is 2.27. The van der Waals surface area contributed by atoms with E-state index in [1.807, 2.05) is 6.07 Å². The lowest BCUT2D eigenvalue weighted by atomic mass is 9.97. The van der Waals surface area contributed by atoms with Gasteiger partial charge in [-0.3, -0.25) is 0 Å². The van der Waals surface area contributed by atoms with Crippen molar-refractivity contribution in [1.29, 1.82) is 0 Å². The van der Waals surface area contributed by atoms with Gasteiger partial charge in [-0.2, -0.15) is 4.31 Å². The largest absolute Gasteiger partial charge is 0.317 e. The molecule has 2 fully saturated rings. The van der Waals surface area contributed by atoms with Crippen molar-refractivity contribution in [3.8, 4) is 0 Å². The van der Waals surface area contributed by atoms with Gasteiger partial charge in [-0.05, 0) is 56.9 Å². The van der Waals surface area contributed by atoms with Gasteiger partial charge in [0.1, 0.15) is 0 Å². The minimum absolute atomic E-state index is 0. The standard InChI is InChI=1S/C17H27N3O2S.ClH/c21-23(22,17-5-2-1-3-6-17)20-12-4-11-19(13-14-20)15-16-7-9-18-10-8-16;/h1-3,5-6,16,18H,4,7-15H2;1H. The maximum Gasteiger partial charge on any atom is 0.243 e. The maximum atomic E-state index is 12.7. The number of hydrogen-bond donors (Lipinski definition) is 1. The number of sulfonamides is 1. The Morgan fingerprint density at radius 3 is 2.42 bits per heavy atom. The molecule has 2 saturated heterocycles. The quantitative estimate of drug-likeness (QED) is 0.874. The maximum absolute atomic E-state index is 12.7. The molecule has 0 amide bonds. The minimum Gasteiger partial charge on any atom is -0.317 e. The van der Waals surface area contributed by atoms with E-state index in [0.29, 0.717) is 18.0 Å². The Morgan fingerprint density at radius 2 is 1.71 bits per heavy atom. The first-order valence-corrected chi connectivity index (χ1v) is 10.1. The predicted octanol–water partition coefficient (Wildman–Crippen LogP) is 1.80. The Morgan fingerprint density at radius 1 is 1.00 bits per heavy atom. The molecule has 0 unspecified atom stereocenters. The molecule has 0 atom stereocenters. The summed E-state index contributed by atoms with van der Waals surface area (Å²) in [5.41, 5.74) is 0. The predicted molar refractivity (Wildman–Crippen MR) is 99.1 cm³/mol. The van der Waals surface area contributed by atoms with E-state index in [1.165, 1.54) is 12.8 Å². The molecule has 136 valence electrons. The average Bonchev–Trinajstić information content (AvgIpc) is 2.83. The molecule has 2 aliphatic heterocycles. The third-order valence-electron chi connectivity index (χ3n) is 4.90. The van der Waals surface area contributed by atoms with Gasteiger partial charge in [0.05, 0.1) is 4.90 Å². The molecular formula is C17H28ClN3O2S. The third kappa shape index (κ3) is 4.92. The van der Waals surface area contributed by atoms with Crippen LogP contribution in [0.15, 0.2) is 35.2 Å². The van der Waals surface area contributed by atoms with E-state index in [0.717, 1.165) is 45.1 Å². The van der Waals surface area contributed by atoms with Crippen LogP contribution in [0.25, 0.3) is 0 Å². The van der Waals surface area contributed by atoms with Gasteiger partial charge in [-0.25, -0.2) is 8.42 Å². The Hall–Kier alpha value is -0.660. The summed E-state index contributed by atoms with van der Waals surface area (Å²) >= 11 is 0. The second-order valence-corrected chi connectivity index (χ2v) is 8.50. The molecule has 0 aliphatic carbocycles. The van der Waals surface area contributed by atoms with E-state index in [2.05, 4.69) is 10.2 Å². The van der Waals surface area contributed by atoms with Crippen molar-refractivity contribution < 1.29 is 8.42 Å². The number of nitrogens with zero attached hydrogens (tertiary/aromatic N) is 2. The normalized spacial score (nSPS) is 21.8. The molecule has 1 aromatic rings. The zero-order valence-electron chi connectivity index (χ0n) is 14.1. The molecule has 24 heavy (non-hydrogen) atoms. The van der Waals surface area contributed by atoms with Gasteiger partial charge in [0.15, 0.2) is 0 Å². The van der Waals surface area contributed by atoms with Crippen molar-refractivity contribution in [1.82, 2.24) is 14.5 Å². The van der Waals surface area contributed by atoms with E-state index in [4.69, 9.17) is 0 Å². The lowest BCUT2D eigenvalue weighted by Crippen LogP contribution is -2.39. The average molecular weight is 374 g/mol. The van der Waals surface area contributed by atoms with Crippen LogP contribution < -0.4 is 5.32 Å². The molecule has 2 aliphatic rings. The van der Waals surface area contributed by atoms with Crippen LogP contribution >= 0.6 is 12.4 Å². The summed E-state index contributed by atoms with van der Waals surface area (Å²) < 4.78 is 27.1. The van der Waals surface area contributed by atoms with Crippen molar-refractivity contribution in [2.45, 2.75) is 24.2 Å². The van der Waals surface area contributed by atoms with Crippen LogP contribution in [-0.2, 0) is 10.0 Å². The van der Waals surface area contributed by atoms with Gasteiger partial charge in [-0.15, -0.1) is 12.4 Å². The van der Waals surface area contributed by atoms with E-state index >= 15 is 0 Å². The molecule has 0 bridgehead atoms. The molecule has 3 rings (SSSR count). The van der Waals surface area contributed by atoms with E-state index in [-0.39, 0.29) is 12.4 Å². The molecule has 1 aromatic carbocycles. The smallest absolute Gasteiger partial charge is 0.243 e. The zero-order chi connectivity index (χ0) is 16.1. The number of piperidine rings is 1. The first-order valence-electron chi connectivity index (χ1n) is 8.64. The molecule has 0 aromatic heterocycles. The summed E-state index contributed by atoms with van der Waals surface area (Å²) in [4.78, 5) is 2.86. The van der Waals surface area contributed by atoms with Gasteiger partial charge in [0.25, 0.3) is 0 Å². The highest BCUT2D eigenvalue weighted by molar-refractivity contribution is 7.89. The Kier molecular flexibility index (Phi) is 7.50. The number of halogens is 1. The fraction of sp³-hybridized carbons (Fsp3) is 0.647. The van der Waals surface area contributed by atoms with Gasteiger partial charge < -0.3 is 10.2 Å². The molecule has 0 radical (unpaired) electrons. The van der Waals surface area contributed by atoms with Crippen LogP contribution in [0, 0.1) is 5.92 Å². The summed E-state index contributed by atoms with van der Waals surface area (Å²) in [6, 6.07) is 8.80. The zero-order valence-corrected chi connectivity index (χ0v) is 15.7. The van der Waals surface area contributed by atoms with Crippen LogP contribution in [-0.4, -0.2) is 63.4 Å². The molecular weight excluding hydrogens is 346 g/mol. The fourth-order valence-electron chi connectivity index (χ4n) is 3.54. The topological polar surface area (TPSA) is 52.7 Å². The number of nitrogens with one attached hydrogen (secondary N) is 1. The molecule has 7 heteroatoms. The first kappa shape index (κ1) is 19.7. The lowest BCUT2D eigenvalue weighted by molar-refractivity contribution is 0.213. The van der Waals surface area contributed by atoms with Crippen LogP contribution in [0.3, 0.4) is 0 Å². The first-order chi connectivity index (χ1) is 11.2. The summed E-state index contributed by atoms with van der Waals surface area (Å²) in [5, 5.41) is 3.40. The van der Waals surface area contributed by atoms with Gasteiger partial charge in [0, 0.05) is 26.2 Å². The molecule has 5 nitrogen and oxygen atoms in total. The van der Waals surface area contributed by atoms with E-state index in [1.54, 1.807) is 28.6 Å². The number of rotatable bonds is 4. The second kappa shape index (κ2) is 9.15. The Labute approximate surface area is 151 Å². The van der Waals surface area contributed by atoms with Crippen molar-refractivity contribution in [3.63, 3.8) is 0 Å². The van der Waals surface area contributed by atoms with Crippen molar-refractivity contribution >= 4 is 22.4 Å². The minimum atomic E-state index is -3.35. The summed E-state index contributed by atoms with van der Waals surface area (Å²) in [5.74, 6) is 0.758. The fourth-order valence-corrected chi connectivity index (χ4v) is 5.03. The molecule has 0 spiro atoms. The molecule has 1 N–H and O–H groups in total. The van der Waals surface area contributed by atoms with Gasteiger partial charge in [-0.1, -0.05) is 18.2 Å². The van der Waals surface area contributed by atoms with Crippen LogP contribution in [0.1, 0.15) is 19.3 Å². The van der Waals surface area contributed by atoms with E-state index in [9.17, 15) is 8.42 Å². The highest BCUT2D eigenvalue weighted by Crippen LogP contribution is 2.19. The van der Waals surface area contributed by atoms with Crippen molar-refractivity contribution in [3.05, 3.63) is 30.3 Å². The monoisotopic (exact) mass is 373 g/mol. The highest BCUT2D eigenvalue weighted by atomic mass is 35.5. The van der Waals surface area contributed by atoms with Crippen molar-refractivity contribution in [2.75, 3.05) is 45.8 Å². The second-order valence-electron chi connectivity index (χ2n) is 6.56. The van der Waals surface area contributed by atoms with Crippen LogP contribution in [0.2, 0.25) is 0 Å². The van der Waals surface area contributed by atoms with Crippen LogP contribution in [0.4, 0.5) is 0 Å². The van der Waals surface area contributed by atoms with Gasteiger partial charge in [0.2, 0.25) is 10.0 Å². The number of benzene rings is 1. The third-order valence-corrected chi connectivity index (χ3v) is 6.82. The van der Waals surface area contributed by atoms with Crippen LogP contribution in [0.5, 0.6) is 0 Å². The van der Waals surface area contributed by atoms with E-state index < -0.39 is 10.0 Å². The summed E-state index contributed by atoms with van der Waals surface area (Å²) in [6.07, 6.45) is 3.39. The molecule has 0 saturated carbocycles. The Balaban J connectivity index is 0.00000208.